The molecule has 5 nitrogen and oxygen atoms in total. The smallest absolute Gasteiger partial charge is 0.250 e. The fraction of sp³-hybridized carbons (Fsp3) is 0.500. The van der Waals surface area contributed by atoms with E-state index < -0.39 is 5.91 Å². The van der Waals surface area contributed by atoms with Crippen LogP contribution in [0.25, 0.3) is 0 Å². The third-order valence-electron chi connectivity index (χ3n) is 3.55. The maximum absolute atomic E-state index is 11.5. The molecule has 0 heterocycles. The summed E-state index contributed by atoms with van der Waals surface area (Å²) in [7, 11) is 0. The van der Waals surface area contributed by atoms with Crippen LogP contribution in [0.4, 0.5) is 11.4 Å². The Morgan fingerprint density at radius 1 is 1.50 bits per heavy atom. The maximum Gasteiger partial charge on any atom is 0.250 e. The van der Waals surface area contributed by atoms with Crippen LogP contribution in [0.3, 0.4) is 0 Å². The van der Waals surface area contributed by atoms with Crippen LogP contribution in [0.5, 0.6) is 0 Å². The minimum absolute atomic E-state index is 0.337. The molecule has 0 atom stereocenters. The van der Waals surface area contributed by atoms with E-state index in [1.165, 1.54) is 12.8 Å². The van der Waals surface area contributed by atoms with Gasteiger partial charge in [0.1, 0.15) is 0 Å². The van der Waals surface area contributed by atoms with Gasteiger partial charge in [-0.05, 0) is 31.5 Å². The number of nitrogens with one attached hydrogen (secondary N) is 1. The number of anilines is 2. The molecule has 0 aliphatic heterocycles. The summed E-state index contributed by atoms with van der Waals surface area (Å²) in [6, 6.07) is 3.89. The van der Waals surface area contributed by atoms with Gasteiger partial charge in [-0.2, -0.15) is 0 Å². The highest BCUT2D eigenvalue weighted by Gasteiger charge is 2.27. The highest BCUT2D eigenvalue weighted by Crippen LogP contribution is 2.29. The lowest BCUT2D eigenvalue weighted by Crippen LogP contribution is -2.31. The number of carbonyl (C=O) groups excluding carboxylic acids is 1. The zero-order valence-electron chi connectivity index (χ0n) is 11.7. The molecular formula is C14H21ClN4O. The number of nitrogens with two attached hydrogens (primary N) is 2. The average Bonchev–Trinajstić information content (AvgIpc) is 3.20. The molecule has 0 bridgehead atoms. The quantitative estimate of drug-likeness (QED) is 0.671. The maximum atomic E-state index is 11.5. The molecule has 1 amide bonds. The zero-order chi connectivity index (χ0) is 14.7. The summed E-state index contributed by atoms with van der Waals surface area (Å²) in [6.45, 7) is 4.82. The summed E-state index contributed by atoms with van der Waals surface area (Å²) in [5, 5.41) is 3.63. The number of likely N-dealkylation sites (N-methyl/N-ethyl adjacent to an activating group) is 1. The van der Waals surface area contributed by atoms with Crippen LogP contribution in [-0.4, -0.2) is 36.5 Å². The lowest BCUT2D eigenvalue weighted by atomic mass is 10.1. The number of nitrogen functional groups attached to an aromatic ring is 1. The van der Waals surface area contributed by atoms with Crippen molar-refractivity contribution in [3.05, 3.63) is 22.7 Å². The number of nitrogens with zero attached hydrogens (tertiary/aromatic N) is 1. The molecule has 110 valence electrons. The van der Waals surface area contributed by atoms with Crippen molar-refractivity contribution in [1.82, 2.24) is 4.90 Å². The van der Waals surface area contributed by atoms with E-state index in [-0.39, 0.29) is 0 Å². The van der Waals surface area contributed by atoms with Gasteiger partial charge >= 0.3 is 0 Å². The van der Waals surface area contributed by atoms with Gasteiger partial charge in [0.15, 0.2) is 0 Å². The summed E-state index contributed by atoms with van der Waals surface area (Å²) in [5.41, 5.74) is 12.4. The standard InChI is InChI=1S/C14H21ClN4O/c1-2-19(10-3-4-10)6-5-18-13-11(14(17)20)7-9(16)8-12(13)15/h7-8,10,18H,2-6,16H2,1H3,(H2,17,20). The van der Waals surface area contributed by atoms with Gasteiger partial charge in [0.2, 0.25) is 0 Å². The highest BCUT2D eigenvalue weighted by molar-refractivity contribution is 6.34. The van der Waals surface area contributed by atoms with Gasteiger partial charge in [0.05, 0.1) is 16.3 Å². The largest absolute Gasteiger partial charge is 0.399 e. The molecule has 0 spiro atoms. The molecule has 6 heteroatoms. The fourth-order valence-corrected chi connectivity index (χ4v) is 2.66. The molecule has 20 heavy (non-hydrogen) atoms. The van der Waals surface area contributed by atoms with E-state index in [4.69, 9.17) is 23.1 Å². The summed E-state index contributed by atoms with van der Waals surface area (Å²) in [5.74, 6) is -0.531. The first-order valence-corrected chi connectivity index (χ1v) is 7.27. The Kier molecular flexibility index (Phi) is 4.73. The van der Waals surface area contributed by atoms with Gasteiger partial charge in [-0.1, -0.05) is 18.5 Å². The Morgan fingerprint density at radius 2 is 2.20 bits per heavy atom. The number of hydrogen-bond acceptors (Lipinski definition) is 4. The highest BCUT2D eigenvalue weighted by atomic mass is 35.5. The molecular weight excluding hydrogens is 276 g/mol. The summed E-state index contributed by atoms with van der Waals surface area (Å²) >= 11 is 6.14. The van der Waals surface area contributed by atoms with E-state index in [2.05, 4.69) is 17.1 Å². The van der Waals surface area contributed by atoms with Gasteiger partial charge < -0.3 is 16.8 Å². The molecule has 1 saturated carbocycles. The summed E-state index contributed by atoms with van der Waals surface area (Å²) in [4.78, 5) is 13.9. The molecule has 1 aromatic carbocycles. The fourth-order valence-electron chi connectivity index (χ4n) is 2.36. The third kappa shape index (κ3) is 3.55. The monoisotopic (exact) mass is 296 g/mol. The number of halogens is 1. The van der Waals surface area contributed by atoms with Crippen LogP contribution in [-0.2, 0) is 0 Å². The van der Waals surface area contributed by atoms with Crippen molar-refractivity contribution in [1.29, 1.82) is 0 Å². The minimum atomic E-state index is -0.531. The topological polar surface area (TPSA) is 84.4 Å². The minimum Gasteiger partial charge on any atom is -0.399 e. The molecule has 0 radical (unpaired) electrons. The third-order valence-corrected chi connectivity index (χ3v) is 3.85. The van der Waals surface area contributed by atoms with Crippen LogP contribution in [0.2, 0.25) is 5.02 Å². The van der Waals surface area contributed by atoms with E-state index in [9.17, 15) is 4.79 Å². The Labute approximate surface area is 124 Å². The van der Waals surface area contributed by atoms with Crippen LogP contribution >= 0.6 is 11.6 Å². The van der Waals surface area contributed by atoms with Gasteiger partial charge in [-0.15, -0.1) is 0 Å². The lowest BCUT2D eigenvalue weighted by molar-refractivity contribution is 0.100. The molecule has 0 unspecified atom stereocenters. The molecule has 1 aliphatic rings. The van der Waals surface area contributed by atoms with Crippen molar-refractivity contribution < 1.29 is 4.79 Å². The second kappa shape index (κ2) is 6.33. The Morgan fingerprint density at radius 3 is 2.75 bits per heavy atom. The van der Waals surface area contributed by atoms with Crippen molar-refractivity contribution in [2.45, 2.75) is 25.8 Å². The molecule has 0 saturated heterocycles. The van der Waals surface area contributed by atoms with Crippen LogP contribution < -0.4 is 16.8 Å². The van der Waals surface area contributed by atoms with Gasteiger partial charge in [0, 0.05) is 24.8 Å². The molecule has 5 N–H and O–H groups in total. The summed E-state index contributed by atoms with van der Waals surface area (Å²) < 4.78 is 0. The predicted octanol–water partition coefficient (Wildman–Crippen LogP) is 1.92. The number of hydrogen-bond donors (Lipinski definition) is 3. The zero-order valence-corrected chi connectivity index (χ0v) is 12.4. The van der Waals surface area contributed by atoms with E-state index in [0.29, 0.717) is 28.5 Å². The molecule has 1 aromatic rings. The number of amides is 1. The van der Waals surface area contributed by atoms with Crippen LogP contribution in [0.15, 0.2) is 12.1 Å². The van der Waals surface area contributed by atoms with Crippen molar-refractivity contribution in [3.63, 3.8) is 0 Å². The normalized spacial score (nSPS) is 14.6. The van der Waals surface area contributed by atoms with Gasteiger partial charge in [-0.25, -0.2) is 0 Å². The first-order valence-electron chi connectivity index (χ1n) is 6.89. The van der Waals surface area contributed by atoms with Gasteiger partial charge in [0.25, 0.3) is 5.91 Å². The van der Waals surface area contributed by atoms with Crippen molar-refractivity contribution >= 4 is 28.9 Å². The van der Waals surface area contributed by atoms with E-state index in [1.54, 1.807) is 12.1 Å². The Hall–Kier alpha value is -1.46. The van der Waals surface area contributed by atoms with Gasteiger partial charge in [-0.3, -0.25) is 9.69 Å². The molecule has 1 fully saturated rings. The number of rotatable bonds is 7. The predicted molar refractivity (Wildman–Crippen MR) is 83.1 cm³/mol. The first kappa shape index (κ1) is 14.9. The van der Waals surface area contributed by atoms with Crippen molar-refractivity contribution in [3.8, 4) is 0 Å². The van der Waals surface area contributed by atoms with E-state index >= 15 is 0 Å². The van der Waals surface area contributed by atoms with Crippen LogP contribution in [0, 0.1) is 0 Å². The van der Waals surface area contributed by atoms with Crippen molar-refractivity contribution in [2.75, 3.05) is 30.7 Å². The van der Waals surface area contributed by atoms with Crippen molar-refractivity contribution in [2.24, 2.45) is 5.73 Å². The molecule has 2 rings (SSSR count). The SMILES string of the molecule is CCN(CCNc1c(Cl)cc(N)cc1C(N)=O)C1CC1. The lowest BCUT2D eigenvalue weighted by Gasteiger charge is -2.21. The second-order valence-electron chi connectivity index (χ2n) is 5.08. The number of benzene rings is 1. The second-order valence-corrected chi connectivity index (χ2v) is 5.48. The van der Waals surface area contributed by atoms with E-state index in [0.717, 1.165) is 19.1 Å². The van der Waals surface area contributed by atoms with Crippen LogP contribution in [0.1, 0.15) is 30.1 Å². The Balaban J connectivity index is 2.02. The average molecular weight is 297 g/mol. The molecule has 1 aliphatic carbocycles. The number of primary amides is 1. The number of carbonyl (C=O) groups is 1. The molecule has 0 aromatic heterocycles. The Bertz CT molecular complexity index is 502. The van der Waals surface area contributed by atoms with E-state index in [1.807, 2.05) is 0 Å². The first-order chi connectivity index (χ1) is 9.52. The summed E-state index contributed by atoms with van der Waals surface area (Å²) in [6.07, 6.45) is 2.56.